The number of hydrogen-bond acceptors (Lipinski definition) is 2. The van der Waals surface area contributed by atoms with Crippen molar-refractivity contribution in [3.63, 3.8) is 0 Å². The number of aryl methyl sites for hydroxylation is 1. The van der Waals surface area contributed by atoms with Crippen LogP contribution in [0.3, 0.4) is 0 Å². The van der Waals surface area contributed by atoms with Crippen LogP contribution in [0.2, 0.25) is 0 Å². The molecule has 14 heavy (non-hydrogen) atoms. The summed E-state index contributed by atoms with van der Waals surface area (Å²) in [6.45, 7) is 10.0. The Morgan fingerprint density at radius 2 is 2.14 bits per heavy atom. The fraction of sp³-hybridized carbons (Fsp3) is 0.667. The first-order valence-corrected chi connectivity index (χ1v) is 6.30. The SMILES string of the molecule is CCNC(C)CC(C)c1sccc1C. The minimum atomic E-state index is 0.622. The molecule has 0 aliphatic heterocycles. The standard InChI is InChI=1S/C12H21NS/c1-5-13-11(4)8-10(3)12-9(2)6-7-14-12/h6-7,10-11,13H,5,8H2,1-4H3. The second-order valence-corrected chi connectivity index (χ2v) is 5.01. The Morgan fingerprint density at radius 3 is 2.64 bits per heavy atom. The Labute approximate surface area is 91.5 Å². The van der Waals surface area contributed by atoms with Gasteiger partial charge in [0.1, 0.15) is 0 Å². The smallest absolute Gasteiger partial charge is 0.0103 e. The average Bonchev–Trinajstić information content (AvgIpc) is 2.51. The molecule has 1 aromatic heterocycles. The van der Waals surface area contributed by atoms with Crippen molar-refractivity contribution in [2.24, 2.45) is 0 Å². The Kier molecular flexibility index (Phi) is 4.63. The molecule has 1 rings (SSSR count). The van der Waals surface area contributed by atoms with E-state index in [0.717, 1.165) is 6.54 Å². The molecule has 1 heterocycles. The van der Waals surface area contributed by atoms with Crippen molar-refractivity contribution >= 4 is 11.3 Å². The average molecular weight is 211 g/mol. The van der Waals surface area contributed by atoms with Crippen molar-refractivity contribution in [3.8, 4) is 0 Å². The van der Waals surface area contributed by atoms with Gasteiger partial charge in [0, 0.05) is 10.9 Å². The molecular weight excluding hydrogens is 190 g/mol. The van der Waals surface area contributed by atoms with E-state index in [2.05, 4.69) is 44.5 Å². The molecule has 2 heteroatoms. The van der Waals surface area contributed by atoms with Crippen LogP contribution in [0.4, 0.5) is 0 Å². The Balaban J connectivity index is 2.50. The van der Waals surface area contributed by atoms with Gasteiger partial charge in [0.2, 0.25) is 0 Å². The Bertz CT molecular complexity index is 267. The lowest BCUT2D eigenvalue weighted by Crippen LogP contribution is -2.26. The van der Waals surface area contributed by atoms with Gasteiger partial charge in [-0.1, -0.05) is 13.8 Å². The molecule has 0 aliphatic rings. The highest BCUT2D eigenvalue weighted by Crippen LogP contribution is 2.28. The van der Waals surface area contributed by atoms with Crippen LogP contribution >= 0.6 is 11.3 Å². The van der Waals surface area contributed by atoms with E-state index in [1.54, 1.807) is 4.88 Å². The van der Waals surface area contributed by atoms with Crippen LogP contribution in [0.1, 0.15) is 43.6 Å². The maximum absolute atomic E-state index is 3.46. The normalized spacial score (nSPS) is 15.4. The van der Waals surface area contributed by atoms with Gasteiger partial charge in [-0.3, -0.25) is 0 Å². The molecule has 0 saturated carbocycles. The van der Waals surface area contributed by atoms with Crippen molar-refractivity contribution in [3.05, 3.63) is 21.9 Å². The summed E-state index contributed by atoms with van der Waals surface area (Å²) >= 11 is 1.89. The predicted octanol–water partition coefficient (Wildman–Crippen LogP) is 3.55. The fourth-order valence-corrected chi connectivity index (χ4v) is 2.96. The summed E-state index contributed by atoms with van der Waals surface area (Å²) in [6, 6.07) is 2.84. The third-order valence-corrected chi connectivity index (χ3v) is 3.86. The van der Waals surface area contributed by atoms with Gasteiger partial charge in [0.05, 0.1) is 0 Å². The quantitative estimate of drug-likeness (QED) is 0.785. The Hall–Kier alpha value is -0.340. The molecule has 0 aliphatic carbocycles. The van der Waals surface area contributed by atoms with Gasteiger partial charge in [0.25, 0.3) is 0 Å². The largest absolute Gasteiger partial charge is 0.315 e. The molecule has 0 saturated heterocycles. The minimum absolute atomic E-state index is 0.622. The van der Waals surface area contributed by atoms with Crippen molar-refractivity contribution in [2.45, 2.75) is 46.1 Å². The van der Waals surface area contributed by atoms with Gasteiger partial charge in [-0.05, 0) is 49.7 Å². The third kappa shape index (κ3) is 3.10. The molecule has 0 spiro atoms. The van der Waals surface area contributed by atoms with Gasteiger partial charge in [-0.2, -0.15) is 0 Å². The first-order chi connectivity index (χ1) is 6.65. The van der Waals surface area contributed by atoms with Crippen molar-refractivity contribution < 1.29 is 0 Å². The first kappa shape index (κ1) is 11.7. The molecule has 80 valence electrons. The van der Waals surface area contributed by atoms with E-state index < -0.39 is 0 Å². The maximum Gasteiger partial charge on any atom is 0.0103 e. The van der Waals surface area contributed by atoms with Crippen LogP contribution in [0, 0.1) is 6.92 Å². The fourth-order valence-electron chi connectivity index (χ4n) is 1.96. The third-order valence-electron chi connectivity index (χ3n) is 2.61. The second-order valence-electron chi connectivity index (χ2n) is 4.06. The molecule has 0 radical (unpaired) electrons. The second kappa shape index (κ2) is 5.52. The van der Waals surface area contributed by atoms with E-state index >= 15 is 0 Å². The highest BCUT2D eigenvalue weighted by molar-refractivity contribution is 7.10. The van der Waals surface area contributed by atoms with Crippen LogP contribution in [0.5, 0.6) is 0 Å². The zero-order valence-corrected chi connectivity index (χ0v) is 10.4. The molecule has 0 bridgehead atoms. The van der Waals surface area contributed by atoms with Gasteiger partial charge in [-0.15, -0.1) is 11.3 Å². The van der Waals surface area contributed by atoms with Crippen molar-refractivity contribution in [1.82, 2.24) is 5.32 Å². The zero-order valence-electron chi connectivity index (χ0n) is 9.63. The van der Waals surface area contributed by atoms with Gasteiger partial charge in [-0.25, -0.2) is 0 Å². The molecule has 0 amide bonds. The van der Waals surface area contributed by atoms with Gasteiger partial charge >= 0.3 is 0 Å². The lowest BCUT2D eigenvalue weighted by molar-refractivity contribution is 0.493. The molecular formula is C12H21NS. The van der Waals surface area contributed by atoms with E-state index in [4.69, 9.17) is 0 Å². The summed E-state index contributed by atoms with van der Waals surface area (Å²) in [4.78, 5) is 1.55. The number of rotatable bonds is 5. The summed E-state index contributed by atoms with van der Waals surface area (Å²) < 4.78 is 0. The summed E-state index contributed by atoms with van der Waals surface area (Å²) in [5, 5.41) is 5.66. The van der Waals surface area contributed by atoms with Crippen LogP contribution in [0.25, 0.3) is 0 Å². The van der Waals surface area contributed by atoms with E-state index in [1.165, 1.54) is 12.0 Å². The lowest BCUT2D eigenvalue weighted by atomic mass is 9.99. The van der Waals surface area contributed by atoms with Crippen LogP contribution in [0.15, 0.2) is 11.4 Å². The van der Waals surface area contributed by atoms with Crippen LogP contribution in [-0.2, 0) is 0 Å². The van der Waals surface area contributed by atoms with Gasteiger partial charge in [0.15, 0.2) is 0 Å². The van der Waals surface area contributed by atoms with Crippen molar-refractivity contribution in [1.29, 1.82) is 0 Å². The number of hydrogen-bond donors (Lipinski definition) is 1. The molecule has 1 aromatic rings. The van der Waals surface area contributed by atoms with E-state index in [-0.39, 0.29) is 0 Å². The number of thiophene rings is 1. The molecule has 2 unspecified atom stereocenters. The number of nitrogens with one attached hydrogen (secondary N) is 1. The Morgan fingerprint density at radius 1 is 1.43 bits per heavy atom. The summed E-state index contributed by atoms with van der Waals surface area (Å²) in [7, 11) is 0. The van der Waals surface area contributed by atoms with Gasteiger partial charge < -0.3 is 5.32 Å². The minimum Gasteiger partial charge on any atom is -0.315 e. The molecule has 1 nitrogen and oxygen atoms in total. The molecule has 0 fully saturated rings. The van der Waals surface area contributed by atoms with E-state index in [1.807, 2.05) is 11.3 Å². The molecule has 0 aromatic carbocycles. The lowest BCUT2D eigenvalue weighted by Gasteiger charge is -2.17. The molecule has 1 N–H and O–H groups in total. The van der Waals surface area contributed by atoms with E-state index in [9.17, 15) is 0 Å². The highest BCUT2D eigenvalue weighted by Gasteiger charge is 2.12. The van der Waals surface area contributed by atoms with E-state index in [0.29, 0.717) is 12.0 Å². The van der Waals surface area contributed by atoms with Crippen molar-refractivity contribution in [2.75, 3.05) is 6.54 Å². The first-order valence-electron chi connectivity index (χ1n) is 5.42. The highest BCUT2D eigenvalue weighted by atomic mass is 32.1. The van der Waals surface area contributed by atoms with Crippen LogP contribution in [-0.4, -0.2) is 12.6 Å². The monoisotopic (exact) mass is 211 g/mol. The summed E-state index contributed by atoms with van der Waals surface area (Å²) in [6.07, 6.45) is 1.23. The predicted molar refractivity (Wildman–Crippen MR) is 65.2 cm³/mol. The zero-order chi connectivity index (χ0) is 10.6. The summed E-state index contributed by atoms with van der Waals surface area (Å²) in [5.41, 5.74) is 1.45. The molecule has 2 atom stereocenters. The van der Waals surface area contributed by atoms with Crippen LogP contribution < -0.4 is 5.32 Å². The topological polar surface area (TPSA) is 12.0 Å². The maximum atomic E-state index is 3.46. The summed E-state index contributed by atoms with van der Waals surface area (Å²) in [5.74, 6) is 0.684.